The molecule has 166 valence electrons. The maximum absolute atomic E-state index is 13.8. The van der Waals surface area contributed by atoms with Gasteiger partial charge in [-0.2, -0.15) is 13.2 Å². The number of amides is 2. The van der Waals surface area contributed by atoms with Gasteiger partial charge in [0.15, 0.2) is 0 Å². The van der Waals surface area contributed by atoms with Crippen molar-refractivity contribution in [3.63, 3.8) is 0 Å². The lowest BCUT2D eigenvalue weighted by atomic mass is 10.00. The number of nitrogens with zero attached hydrogens (tertiary/aromatic N) is 2. The van der Waals surface area contributed by atoms with E-state index >= 15 is 0 Å². The topological polar surface area (TPSA) is 59.5 Å². The third-order valence-electron chi connectivity index (χ3n) is 5.47. The van der Waals surface area contributed by atoms with Crippen LogP contribution in [0.4, 0.5) is 22.4 Å². The minimum Gasteiger partial charge on any atom is -0.439 e. The molecule has 0 spiro atoms. The average Bonchev–Trinajstić information content (AvgIpc) is 3.05. The molecule has 0 bridgehead atoms. The minimum atomic E-state index is -4.76. The van der Waals surface area contributed by atoms with E-state index in [0.717, 1.165) is 33.4 Å². The number of fused-ring (bicyclic) bond motifs is 1. The number of rotatable bonds is 4. The molecule has 32 heavy (non-hydrogen) atoms. The SMILES string of the molecule is C[C@H]1[C@@H](c2cc(F)cc(C(F)(F)F)c2)OC(=O)N1C(=O)CCc1cncc2ccccc12. The first-order valence-corrected chi connectivity index (χ1v) is 9.87. The molecule has 2 heterocycles. The lowest BCUT2D eigenvalue weighted by molar-refractivity contribution is -0.138. The van der Waals surface area contributed by atoms with Crippen LogP contribution < -0.4 is 0 Å². The third kappa shape index (κ3) is 4.15. The second-order valence-electron chi connectivity index (χ2n) is 7.60. The summed E-state index contributed by atoms with van der Waals surface area (Å²) < 4.78 is 58.1. The number of ether oxygens (including phenoxy) is 1. The number of imide groups is 1. The normalized spacial score (nSPS) is 18.8. The maximum Gasteiger partial charge on any atom is 0.417 e. The Hall–Kier alpha value is -3.49. The highest BCUT2D eigenvalue weighted by Gasteiger charge is 2.44. The van der Waals surface area contributed by atoms with Crippen LogP contribution in [-0.4, -0.2) is 27.9 Å². The Kier molecular flexibility index (Phi) is 5.58. The number of hydrogen-bond donors (Lipinski definition) is 0. The van der Waals surface area contributed by atoms with E-state index in [4.69, 9.17) is 4.74 Å². The van der Waals surface area contributed by atoms with Gasteiger partial charge < -0.3 is 4.74 Å². The van der Waals surface area contributed by atoms with Crippen LogP contribution in [0.3, 0.4) is 0 Å². The molecule has 1 aliphatic heterocycles. The predicted octanol–water partition coefficient (Wildman–Crippen LogP) is 5.43. The Morgan fingerprint density at radius 1 is 1.16 bits per heavy atom. The van der Waals surface area contributed by atoms with E-state index in [2.05, 4.69) is 4.98 Å². The second kappa shape index (κ2) is 8.22. The zero-order valence-electron chi connectivity index (χ0n) is 16.9. The number of aromatic nitrogens is 1. The summed E-state index contributed by atoms with van der Waals surface area (Å²) in [5.74, 6) is -1.64. The molecule has 4 rings (SSSR count). The minimum absolute atomic E-state index is 0.0290. The Morgan fingerprint density at radius 2 is 1.91 bits per heavy atom. The highest BCUT2D eigenvalue weighted by Crippen LogP contribution is 2.37. The molecule has 1 aliphatic rings. The van der Waals surface area contributed by atoms with Crippen LogP contribution in [-0.2, 0) is 22.1 Å². The Labute approximate surface area is 180 Å². The van der Waals surface area contributed by atoms with E-state index in [1.807, 2.05) is 24.3 Å². The number of hydrogen-bond acceptors (Lipinski definition) is 4. The molecule has 2 amide bonds. The van der Waals surface area contributed by atoms with E-state index < -0.39 is 41.7 Å². The summed E-state index contributed by atoms with van der Waals surface area (Å²) in [5, 5.41) is 1.85. The molecule has 2 aromatic carbocycles. The van der Waals surface area contributed by atoms with Crippen molar-refractivity contribution in [3.05, 3.63) is 77.4 Å². The van der Waals surface area contributed by atoms with Crippen molar-refractivity contribution in [1.29, 1.82) is 0 Å². The summed E-state index contributed by atoms with van der Waals surface area (Å²) >= 11 is 0. The van der Waals surface area contributed by atoms with Gasteiger partial charge in [-0.25, -0.2) is 14.1 Å². The fraction of sp³-hybridized carbons (Fsp3) is 0.261. The van der Waals surface area contributed by atoms with E-state index in [9.17, 15) is 27.2 Å². The standard InChI is InChI=1S/C23H18F4N2O3/c1-13-21(16-8-17(23(25,26)27)10-18(24)9-16)32-22(31)29(13)20(30)7-6-15-12-28-11-14-4-2-3-5-19(14)15/h2-5,8-13,21H,6-7H2,1H3/t13-,21-/m0/s1. The Morgan fingerprint density at radius 3 is 2.66 bits per heavy atom. The number of pyridine rings is 1. The molecule has 0 unspecified atom stereocenters. The van der Waals surface area contributed by atoms with Crippen LogP contribution in [0.25, 0.3) is 10.8 Å². The molecule has 5 nitrogen and oxygen atoms in total. The predicted molar refractivity (Wildman–Crippen MR) is 107 cm³/mol. The van der Waals surface area contributed by atoms with Gasteiger partial charge in [0.2, 0.25) is 5.91 Å². The second-order valence-corrected chi connectivity index (χ2v) is 7.60. The van der Waals surface area contributed by atoms with Crippen LogP contribution in [0, 0.1) is 5.82 Å². The Bertz CT molecular complexity index is 1190. The number of aryl methyl sites for hydroxylation is 1. The fourth-order valence-electron chi connectivity index (χ4n) is 3.92. The number of carbonyl (C=O) groups is 2. The van der Waals surface area contributed by atoms with E-state index in [1.165, 1.54) is 6.92 Å². The number of alkyl halides is 3. The summed E-state index contributed by atoms with van der Waals surface area (Å²) in [6.07, 6.45) is -3.30. The van der Waals surface area contributed by atoms with Crippen LogP contribution >= 0.6 is 0 Å². The average molecular weight is 446 g/mol. The summed E-state index contributed by atoms with van der Waals surface area (Å²) in [5.41, 5.74) is -0.524. The molecular weight excluding hydrogens is 428 g/mol. The molecule has 2 atom stereocenters. The maximum atomic E-state index is 13.8. The van der Waals surface area contributed by atoms with Crippen LogP contribution in [0.1, 0.15) is 36.1 Å². The molecule has 1 aromatic heterocycles. The zero-order valence-corrected chi connectivity index (χ0v) is 16.9. The zero-order chi connectivity index (χ0) is 23.0. The molecule has 0 aliphatic carbocycles. The van der Waals surface area contributed by atoms with Crippen molar-refractivity contribution in [2.24, 2.45) is 0 Å². The largest absolute Gasteiger partial charge is 0.439 e. The molecule has 9 heteroatoms. The first-order chi connectivity index (χ1) is 15.1. The van der Waals surface area contributed by atoms with E-state index in [-0.39, 0.29) is 12.0 Å². The monoisotopic (exact) mass is 446 g/mol. The number of carbonyl (C=O) groups excluding carboxylic acids is 2. The van der Waals surface area contributed by atoms with Gasteiger partial charge >= 0.3 is 12.3 Å². The van der Waals surface area contributed by atoms with Gasteiger partial charge in [-0.05, 0) is 48.1 Å². The molecule has 0 saturated carbocycles. The highest BCUT2D eigenvalue weighted by molar-refractivity contribution is 5.94. The molecule has 0 radical (unpaired) electrons. The molecule has 3 aromatic rings. The van der Waals surface area contributed by atoms with Gasteiger partial charge in [0.25, 0.3) is 0 Å². The number of benzene rings is 2. The van der Waals surface area contributed by atoms with Crippen molar-refractivity contribution >= 4 is 22.8 Å². The van der Waals surface area contributed by atoms with Crippen molar-refractivity contribution in [3.8, 4) is 0 Å². The van der Waals surface area contributed by atoms with E-state index in [1.54, 1.807) is 12.4 Å². The molecule has 1 saturated heterocycles. The van der Waals surface area contributed by atoms with Crippen molar-refractivity contribution in [1.82, 2.24) is 9.88 Å². The van der Waals surface area contributed by atoms with Gasteiger partial charge in [-0.3, -0.25) is 9.78 Å². The lowest BCUT2D eigenvalue weighted by Gasteiger charge is -2.20. The first kappa shape index (κ1) is 21.7. The summed E-state index contributed by atoms with van der Waals surface area (Å²) in [6, 6.07) is 8.61. The third-order valence-corrected chi connectivity index (χ3v) is 5.47. The van der Waals surface area contributed by atoms with Crippen molar-refractivity contribution in [2.75, 3.05) is 0 Å². The summed E-state index contributed by atoms with van der Waals surface area (Å²) in [4.78, 5) is 30.2. The summed E-state index contributed by atoms with van der Waals surface area (Å²) in [7, 11) is 0. The van der Waals surface area contributed by atoms with Gasteiger partial charge in [-0.1, -0.05) is 24.3 Å². The van der Waals surface area contributed by atoms with Crippen LogP contribution in [0.15, 0.2) is 54.9 Å². The van der Waals surface area contributed by atoms with Gasteiger partial charge in [0.05, 0.1) is 11.6 Å². The van der Waals surface area contributed by atoms with Crippen LogP contribution in [0.2, 0.25) is 0 Å². The molecular formula is C23H18F4N2O3. The van der Waals surface area contributed by atoms with Gasteiger partial charge in [0, 0.05) is 24.2 Å². The smallest absolute Gasteiger partial charge is 0.417 e. The highest BCUT2D eigenvalue weighted by atomic mass is 19.4. The Balaban J connectivity index is 1.52. The van der Waals surface area contributed by atoms with Gasteiger partial charge in [-0.15, -0.1) is 0 Å². The van der Waals surface area contributed by atoms with E-state index in [0.29, 0.717) is 12.5 Å². The summed E-state index contributed by atoms with van der Waals surface area (Å²) in [6.45, 7) is 1.48. The van der Waals surface area contributed by atoms with Gasteiger partial charge in [0.1, 0.15) is 11.9 Å². The number of halogens is 4. The quantitative estimate of drug-likeness (QED) is 0.501. The molecule has 0 N–H and O–H groups in total. The molecule has 1 fully saturated rings. The lowest BCUT2D eigenvalue weighted by Crippen LogP contribution is -2.38. The first-order valence-electron chi connectivity index (χ1n) is 9.87. The fourth-order valence-corrected chi connectivity index (χ4v) is 3.92. The number of cyclic esters (lactones) is 1. The van der Waals surface area contributed by atoms with Crippen LogP contribution in [0.5, 0.6) is 0 Å². The van der Waals surface area contributed by atoms with Crippen molar-refractivity contribution in [2.45, 2.75) is 38.1 Å². The van der Waals surface area contributed by atoms with Crippen molar-refractivity contribution < 1.29 is 31.9 Å².